The van der Waals surface area contributed by atoms with E-state index in [1.807, 2.05) is 11.0 Å². The van der Waals surface area contributed by atoms with Gasteiger partial charge in [-0.25, -0.2) is 0 Å². The lowest BCUT2D eigenvalue weighted by atomic mass is 9.81. The van der Waals surface area contributed by atoms with E-state index in [9.17, 15) is 4.79 Å². The second kappa shape index (κ2) is 5.48. The maximum Gasteiger partial charge on any atom is 0.227 e. The van der Waals surface area contributed by atoms with Gasteiger partial charge in [0.2, 0.25) is 11.8 Å². The van der Waals surface area contributed by atoms with Gasteiger partial charge in [-0.05, 0) is 31.4 Å². The molecule has 23 heavy (non-hydrogen) atoms. The summed E-state index contributed by atoms with van der Waals surface area (Å²) >= 11 is 0. The molecule has 5 nitrogen and oxygen atoms in total. The molecule has 0 radical (unpaired) electrons. The Morgan fingerprint density at radius 1 is 1.30 bits per heavy atom. The molecule has 2 aliphatic rings. The van der Waals surface area contributed by atoms with Gasteiger partial charge < -0.3 is 9.42 Å². The van der Waals surface area contributed by atoms with Crippen molar-refractivity contribution in [3.8, 4) is 0 Å². The maximum absolute atomic E-state index is 12.8. The lowest BCUT2D eigenvalue weighted by Crippen LogP contribution is -2.35. The summed E-state index contributed by atoms with van der Waals surface area (Å²) in [5, 5.41) is 3.77. The van der Waals surface area contributed by atoms with Crippen LogP contribution in [0.3, 0.4) is 0 Å². The summed E-state index contributed by atoms with van der Waals surface area (Å²) < 4.78 is 5.11. The molecule has 4 rings (SSSR count). The minimum Gasteiger partial charge on any atom is -0.339 e. The number of carbonyl (C=O) groups is 1. The van der Waals surface area contributed by atoms with E-state index in [0.717, 1.165) is 12.2 Å². The molecule has 2 heterocycles. The predicted molar refractivity (Wildman–Crippen MR) is 86.3 cm³/mol. The van der Waals surface area contributed by atoms with Crippen molar-refractivity contribution in [2.75, 3.05) is 11.4 Å². The van der Waals surface area contributed by atoms with E-state index in [2.05, 4.69) is 28.3 Å². The average molecular weight is 311 g/mol. The Bertz CT molecular complexity index is 731. The number of nitrogens with zero attached hydrogens (tertiary/aromatic N) is 3. The van der Waals surface area contributed by atoms with Gasteiger partial charge in [-0.15, -0.1) is 0 Å². The largest absolute Gasteiger partial charge is 0.339 e. The van der Waals surface area contributed by atoms with E-state index < -0.39 is 0 Å². The molecule has 0 N–H and O–H groups in total. The zero-order chi connectivity index (χ0) is 15.9. The summed E-state index contributed by atoms with van der Waals surface area (Å²) in [6.07, 6.45) is 5.82. The molecule has 1 saturated carbocycles. The smallest absolute Gasteiger partial charge is 0.227 e. The SMILES string of the molecule is Cc1noc(CCC(=O)N2CC3(CCCC3)c3ccccc32)n1. The number of aryl methyl sites for hydroxylation is 2. The molecule has 1 fully saturated rings. The normalized spacial score (nSPS) is 18.6. The number of hydrogen-bond acceptors (Lipinski definition) is 4. The van der Waals surface area contributed by atoms with E-state index in [0.29, 0.717) is 24.6 Å². The van der Waals surface area contributed by atoms with Crippen molar-refractivity contribution in [2.24, 2.45) is 0 Å². The van der Waals surface area contributed by atoms with Gasteiger partial charge in [0.15, 0.2) is 5.82 Å². The van der Waals surface area contributed by atoms with E-state index >= 15 is 0 Å². The summed E-state index contributed by atoms with van der Waals surface area (Å²) in [4.78, 5) is 18.9. The van der Waals surface area contributed by atoms with Gasteiger partial charge in [-0.1, -0.05) is 36.2 Å². The lowest BCUT2D eigenvalue weighted by Gasteiger charge is -2.24. The molecule has 1 spiro atoms. The molecule has 0 saturated heterocycles. The molecular formula is C18H21N3O2. The molecule has 1 aliphatic carbocycles. The Morgan fingerprint density at radius 2 is 2.09 bits per heavy atom. The summed E-state index contributed by atoms with van der Waals surface area (Å²) in [6, 6.07) is 8.40. The first-order valence-electron chi connectivity index (χ1n) is 8.37. The van der Waals surface area contributed by atoms with E-state index in [-0.39, 0.29) is 11.3 Å². The number of carbonyl (C=O) groups excluding carboxylic acids is 1. The number of amides is 1. The minimum atomic E-state index is 0.150. The first kappa shape index (κ1) is 14.4. The molecule has 2 aromatic rings. The van der Waals surface area contributed by atoms with Gasteiger partial charge in [0.1, 0.15) is 0 Å². The van der Waals surface area contributed by atoms with E-state index in [4.69, 9.17) is 4.52 Å². The Kier molecular flexibility index (Phi) is 3.43. The van der Waals surface area contributed by atoms with Gasteiger partial charge in [0.05, 0.1) is 0 Å². The fourth-order valence-corrected chi connectivity index (χ4v) is 4.12. The van der Waals surface area contributed by atoms with Gasteiger partial charge in [0.25, 0.3) is 0 Å². The fourth-order valence-electron chi connectivity index (χ4n) is 4.12. The first-order chi connectivity index (χ1) is 11.2. The van der Waals surface area contributed by atoms with Crippen molar-refractivity contribution in [2.45, 2.75) is 50.9 Å². The van der Waals surface area contributed by atoms with Crippen LogP contribution in [0.1, 0.15) is 49.4 Å². The summed E-state index contributed by atoms with van der Waals surface area (Å²) in [6.45, 7) is 2.61. The molecule has 0 bridgehead atoms. The van der Waals surface area contributed by atoms with Crippen LogP contribution in [0.25, 0.3) is 0 Å². The van der Waals surface area contributed by atoms with E-state index in [1.54, 1.807) is 6.92 Å². The second-order valence-corrected chi connectivity index (χ2v) is 6.72. The second-order valence-electron chi connectivity index (χ2n) is 6.72. The minimum absolute atomic E-state index is 0.150. The van der Waals surface area contributed by atoms with Gasteiger partial charge >= 0.3 is 0 Å². The van der Waals surface area contributed by atoms with Gasteiger partial charge in [-0.2, -0.15) is 4.98 Å². The van der Waals surface area contributed by atoms with Crippen LogP contribution >= 0.6 is 0 Å². The van der Waals surface area contributed by atoms with Crippen LogP contribution in [-0.4, -0.2) is 22.6 Å². The summed E-state index contributed by atoms with van der Waals surface area (Å²) in [5.41, 5.74) is 2.65. The number of aromatic nitrogens is 2. The van der Waals surface area contributed by atoms with E-state index in [1.165, 1.54) is 31.2 Å². The van der Waals surface area contributed by atoms with Crippen molar-refractivity contribution >= 4 is 11.6 Å². The zero-order valence-corrected chi connectivity index (χ0v) is 13.4. The van der Waals surface area contributed by atoms with Crippen LogP contribution in [0.5, 0.6) is 0 Å². The highest BCUT2D eigenvalue weighted by atomic mass is 16.5. The van der Waals surface area contributed by atoms with Gasteiger partial charge in [-0.3, -0.25) is 4.79 Å². The summed E-state index contributed by atoms with van der Waals surface area (Å²) in [5.74, 6) is 1.31. The van der Waals surface area contributed by atoms with Crippen molar-refractivity contribution in [3.63, 3.8) is 0 Å². The standard InChI is InChI=1S/C18H21N3O2/c1-13-19-16(23-20-13)8-9-17(22)21-12-18(10-4-5-11-18)14-6-2-3-7-15(14)21/h2-3,6-7H,4-5,8-12H2,1H3. The van der Waals surface area contributed by atoms with Crippen LogP contribution in [0.2, 0.25) is 0 Å². The number of benzene rings is 1. The molecule has 5 heteroatoms. The molecular weight excluding hydrogens is 290 g/mol. The van der Waals surface area contributed by atoms with Crippen LogP contribution in [0.4, 0.5) is 5.69 Å². The molecule has 1 amide bonds. The Balaban J connectivity index is 1.54. The molecule has 120 valence electrons. The number of rotatable bonds is 3. The first-order valence-corrected chi connectivity index (χ1v) is 8.37. The van der Waals surface area contributed by atoms with Crippen molar-refractivity contribution in [1.82, 2.24) is 10.1 Å². The third-order valence-electron chi connectivity index (χ3n) is 5.21. The van der Waals surface area contributed by atoms with Crippen molar-refractivity contribution in [1.29, 1.82) is 0 Å². The maximum atomic E-state index is 12.8. The topological polar surface area (TPSA) is 59.2 Å². The van der Waals surface area contributed by atoms with Gasteiger partial charge in [0, 0.05) is 30.5 Å². The third kappa shape index (κ3) is 2.44. The number of anilines is 1. The Morgan fingerprint density at radius 3 is 2.83 bits per heavy atom. The highest BCUT2D eigenvalue weighted by Gasteiger charge is 2.45. The van der Waals surface area contributed by atoms with Crippen molar-refractivity contribution < 1.29 is 9.32 Å². The number of para-hydroxylation sites is 1. The van der Waals surface area contributed by atoms with Crippen molar-refractivity contribution in [3.05, 3.63) is 41.5 Å². The quantitative estimate of drug-likeness (QED) is 0.873. The monoisotopic (exact) mass is 311 g/mol. The highest BCUT2D eigenvalue weighted by molar-refractivity contribution is 5.96. The van der Waals surface area contributed by atoms with Crippen LogP contribution in [0, 0.1) is 6.92 Å². The summed E-state index contributed by atoms with van der Waals surface area (Å²) in [7, 11) is 0. The molecule has 1 aromatic heterocycles. The molecule has 1 aliphatic heterocycles. The van der Waals surface area contributed by atoms with Crippen LogP contribution in [0.15, 0.2) is 28.8 Å². The average Bonchev–Trinajstić information content (AvgIpc) is 3.27. The molecule has 1 aromatic carbocycles. The Hall–Kier alpha value is -2.17. The van der Waals surface area contributed by atoms with Crippen LogP contribution in [-0.2, 0) is 16.6 Å². The third-order valence-corrected chi connectivity index (χ3v) is 5.21. The van der Waals surface area contributed by atoms with Crippen LogP contribution < -0.4 is 4.90 Å². The fraction of sp³-hybridized carbons (Fsp3) is 0.500. The number of fused-ring (bicyclic) bond motifs is 2. The highest BCUT2D eigenvalue weighted by Crippen LogP contribution is 2.50. The Labute approximate surface area is 135 Å². The lowest BCUT2D eigenvalue weighted by molar-refractivity contribution is -0.118. The molecule has 0 unspecified atom stereocenters. The number of hydrogen-bond donors (Lipinski definition) is 0. The zero-order valence-electron chi connectivity index (χ0n) is 13.4. The predicted octanol–water partition coefficient (Wildman–Crippen LogP) is 3.17. The molecule has 0 atom stereocenters.